The predicted molar refractivity (Wildman–Crippen MR) is 80.3 cm³/mol. The average Bonchev–Trinajstić information content (AvgIpc) is 2.39. The zero-order chi connectivity index (χ0) is 15.8. The highest BCUT2D eigenvalue weighted by Crippen LogP contribution is 2.28. The molecule has 0 atom stereocenters. The van der Waals surface area contributed by atoms with Crippen LogP contribution >= 0.6 is 0 Å². The quantitative estimate of drug-likeness (QED) is 0.529. The van der Waals surface area contributed by atoms with Crippen LogP contribution in [0.4, 0.5) is 14.5 Å². The Morgan fingerprint density at radius 1 is 1.33 bits per heavy atom. The zero-order valence-corrected chi connectivity index (χ0v) is 12.8. The number of carbonyl (C=O) groups excluding carboxylic acids is 1. The molecule has 0 unspecified atom stereocenters. The van der Waals surface area contributed by atoms with Gasteiger partial charge in [-0.15, -0.1) is 0 Å². The minimum Gasteiger partial charge on any atom is -0.433 e. The van der Waals surface area contributed by atoms with E-state index in [0.717, 1.165) is 12.8 Å². The van der Waals surface area contributed by atoms with Crippen molar-refractivity contribution >= 4 is 11.5 Å². The Morgan fingerprint density at radius 2 is 2.05 bits per heavy atom. The molecule has 0 fully saturated rings. The Balaban J connectivity index is 2.93. The highest BCUT2D eigenvalue weighted by Gasteiger charge is 2.14. The predicted octanol–water partition coefficient (Wildman–Crippen LogP) is 4.73. The molecule has 0 bridgehead atoms. The van der Waals surface area contributed by atoms with Crippen molar-refractivity contribution in [2.24, 2.45) is 5.92 Å². The molecule has 3 nitrogen and oxygen atoms in total. The number of anilines is 1. The van der Waals surface area contributed by atoms with Crippen molar-refractivity contribution in [1.82, 2.24) is 0 Å². The molecule has 0 aromatic heterocycles. The van der Waals surface area contributed by atoms with Crippen molar-refractivity contribution in [2.75, 3.05) is 11.9 Å². The number of ketones is 1. The van der Waals surface area contributed by atoms with E-state index in [2.05, 4.69) is 10.1 Å². The second-order valence-corrected chi connectivity index (χ2v) is 5.39. The van der Waals surface area contributed by atoms with Crippen molar-refractivity contribution in [3.63, 3.8) is 0 Å². The summed E-state index contributed by atoms with van der Waals surface area (Å²) in [4.78, 5) is 12.1. The van der Waals surface area contributed by atoms with Crippen molar-refractivity contribution in [1.29, 1.82) is 0 Å². The highest BCUT2D eigenvalue weighted by molar-refractivity contribution is 5.97. The van der Waals surface area contributed by atoms with Gasteiger partial charge in [-0.2, -0.15) is 8.78 Å². The van der Waals surface area contributed by atoms with Gasteiger partial charge < -0.3 is 10.1 Å². The molecule has 1 aromatic carbocycles. The smallest absolute Gasteiger partial charge is 0.387 e. The molecule has 0 aliphatic carbocycles. The Bertz CT molecular complexity index is 462. The van der Waals surface area contributed by atoms with Gasteiger partial charge in [-0.25, -0.2) is 0 Å². The van der Waals surface area contributed by atoms with Gasteiger partial charge in [0.15, 0.2) is 5.78 Å². The van der Waals surface area contributed by atoms with Crippen LogP contribution in [0.15, 0.2) is 18.2 Å². The number of nitrogens with one attached hydrogen (secondary N) is 1. The zero-order valence-electron chi connectivity index (χ0n) is 12.8. The van der Waals surface area contributed by atoms with E-state index in [4.69, 9.17) is 0 Å². The van der Waals surface area contributed by atoms with E-state index in [9.17, 15) is 13.6 Å². The molecule has 0 aliphatic rings. The fourth-order valence-corrected chi connectivity index (χ4v) is 1.93. The number of unbranched alkanes of at least 4 members (excludes halogenated alkanes) is 1. The molecule has 118 valence electrons. The lowest BCUT2D eigenvalue weighted by atomic mass is 10.0. The van der Waals surface area contributed by atoms with E-state index in [1.807, 2.05) is 20.8 Å². The van der Waals surface area contributed by atoms with Crippen LogP contribution in [0, 0.1) is 5.92 Å². The first-order valence-corrected chi connectivity index (χ1v) is 7.30. The monoisotopic (exact) mass is 299 g/mol. The maximum atomic E-state index is 12.4. The van der Waals surface area contributed by atoms with Gasteiger partial charge in [-0.05, 0) is 30.5 Å². The lowest BCUT2D eigenvalue weighted by Gasteiger charge is -2.14. The maximum absolute atomic E-state index is 12.4. The number of Topliss-reactive ketones (excluding diaryl/α,β-unsaturated/α-hetero) is 1. The number of carbonyl (C=O) groups is 1. The number of ether oxygens (including phenoxy) is 1. The summed E-state index contributed by atoms with van der Waals surface area (Å²) in [6.45, 7) is 3.74. The van der Waals surface area contributed by atoms with Crippen LogP contribution in [0.25, 0.3) is 0 Å². The molecule has 1 aromatic rings. The van der Waals surface area contributed by atoms with Gasteiger partial charge in [0.05, 0.1) is 5.69 Å². The summed E-state index contributed by atoms with van der Waals surface area (Å²) in [5, 5.41) is 3.06. The van der Waals surface area contributed by atoms with Crippen LogP contribution in [0.2, 0.25) is 0 Å². The highest BCUT2D eigenvalue weighted by atomic mass is 19.3. The molecule has 21 heavy (non-hydrogen) atoms. The van der Waals surface area contributed by atoms with Gasteiger partial charge in [0.2, 0.25) is 0 Å². The van der Waals surface area contributed by atoms with Gasteiger partial charge in [0.25, 0.3) is 0 Å². The van der Waals surface area contributed by atoms with Crippen LogP contribution in [0.3, 0.4) is 0 Å². The topological polar surface area (TPSA) is 38.3 Å². The molecule has 0 saturated carbocycles. The summed E-state index contributed by atoms with van der Waals surface area (Å²) >= 11 is 0. The van der Waals surface area contributed by atoms with Crippen LogP contribution in [0.1, 0.15) is 50.4 Å². The minimum absolute atomic E-state index is 0.00661. The molecule has 1 N–H and O–H groups in total. The summed E-state index contributed by atoms with van der Waals surface area (Å²) < 4.78 is 29.3. The average molecular weight is 299 g/mol. The van der Waals surface area contributed by atoms with Gasteiger partial charge in [-0.1, -0.05) is 27.2 Å². The fraction of sp³-hybridized carbons (Fsp3) is 0.562. The molecular formula is C16H23F2NO2. The summed E-state index contributed by atoms with van der Waals surface area (Å²) in [6, 6.07) is 4.56. The molecule has 0 amide bonds. The molecule has 5 heteroatoms. The normalized spacial score (nSPS) is 11.0. The van der Waals surface area contributed by atoms with Crippen LogP contribution in [-0.2, 0) is 0 Å². The van der Waals surface area contributed by atoms with Gasteiger partial charge in [0.1, 0.15) is 5.75 Å². The second-order valence-electron chi connectivity index (χ2n) is 5.39. The number of rotatable bonds is 9. The Morgan fingerprint density at radius 3 is 2.62 bits per heavy atom. The third-order valence-corrected chi connectivity index (χ3v) is 2.96. The van der Waals surface area contributed by atoms with Crippen LogP contribution < -0.4 is 10.1 Å². The second kappa shape index (κ2) is 8.60. The van der Waals surface area contributed by atoms with Gasteiger partial charge in [0, 0.05) is 18.5 Å². The standard InChI is InChI=1S/C16H23F2NO2/c1-4-5-8-19-13-10-12(14(20)9-11(2)3)6-7-15(13)21-16(17)18/h6-7,10-11,16,19H,4-5,8-9H2,1-3H3. The van der Waals surface area contributed by atoms with E-state index in [1.165, 1.54) is 12.1 Å². The largest absolute Gasteiger partial charge is 0.433 e. The van der Waals surface area contributed by atoms with Crippen molar-refractivity contribution in [3.05, 3.63) is 23.8 Å². The van der Waals surface area contributed by atoms with Gasteiger partial charge >= 0.3 is 6.61 Å². The van der Waals surface area contributed by atoms with Crippen molar-refractivity contribution < 1.29 is 18.3 Å². The fourth-order valence-electron chi connectivity index (χ4n) is 1.93. The lowest BCUT2D eigenvalue weighted by Crippen LogP contribution is -2.10. The van der Waals surface area contributed by atoms with Crippen molar-refractivity contribution in [3.8, 4) is 5.75 Å². The first-order chi connectivity index (χ1) is 9.93. The van der Waals surface area contributed by atoms with Gasteiger partial charge in [-0.3, -0.25) is 4.79 Å². The molecular weight excluding hydrogens is 276 g/mol. The van der Waals surface area contributed by atoms with E-state index < -0.39 is 6.61 Å². The van der Waals surface area contributed by atoms with Crippen molar-refractivity contribution in [2.45, 2.75) is 46.6 Å². The van der Waals surface area contributed by atoms with E-state index in [-0.39, 0.29) is 17.5 Å². The van der Waals surface area contributed by atoms with Crippen LogP contribution in [-0.4, -0.2) is 18.9 Å². The first-order valence-electron chi connectivity index (χ1n) is 7.30. The summed E-state index contributed by atoms with van der Waals surface area (Å²) in [6.07, 6.45) is 2.34. The summed E-state index contributed by atoms with van der Waals surface area (Å²) in [5.74, 6) is 0.334. The Kier molecular flexibility index (Phi) is 7.12. The number of hydrogen-bond donors (Lipinski definition) is 1. The number of halogens is 2. The summed E-state index contributed by atoms with van der Waals surface area (Å²) in [7, 11) is 0. The number of alkyl halides is 2. The van der Waals surface area contributed by atoms with Crippen LogP contribution in [0.5, 0.6) is 5.75 Å². The molecule has 1 rings (SSSR count). The number of hydrogen-bond acceptors (Lipinski definition) is 3. The third kappa shape index (κ3) is 6.10. The Hall–Kier alpha value is -1.65. The summed E-state index contributed by atoms with van der Waals surface area (Å²) in [5.41, 5.74) is 0.961. The third-order valence-electron chi connectivity index (χ3n) is 2.96. The molecule has 0 radical (unpaired) electrons. The Labute approximate surface area is 124 Å². The molecule has 0 heterocycles. The van der Waals surface area contributed by atoms with E-state index in [1.54, 1.807) is 6.07 Å². The lowest BCUT2D eigenvalue weighted by molar-refractivity contribution is -0.0493. The first kappa shape index (κ1) is 17.4. The SMILES string of the molecule is CCCCNc1cc(C(=O)CC(C)C)ccc1OC(F)F. The maximum Gasteiger partial charge on any atom is 0.387 e. The number of benzene rings is 1. The molecule has 0 spiro atoms. The molecule has 0 aliphatic heterocycles. The molecule has 0 saturated heterocycles. The minimum atomic E-state index is -2.88. The van der Waals surface area contributed by atoms with E-state index >= 15 is 0 Å². The van der Waals surface area contributed by atoms with E-state index in [0.29, 0.717) is 24.2 Å².